The number of rotatable bonds is 6. The summed E-state index contributed by atoms with van der Waals surface area (Å²) in [5.74, 6) is -9.02. The molecule has 1 aliphatic rings. The molecular formula is C29H39F2N9O9. The van der Waals surface area contributed by atoms with Gasteiger partial charge in [-0.3, -0.25) is 43.2 Å². The van der Waals surface area contributed by atoms with Gasteiger partial charge in [-0.15, -0.1) is 0 Å². The average Bonchev–Trinajstić information content (AvgIpc) is 3.02. The van der Waals surface area contributed by atoms with Crippen molar-refractivity contribution in [1.82, 2.24) is 42.5 Å². The number of nitrogens with two attached hydrogens (primary N) is 1. The minimum atomic E-state index is -1.50. The molecule has 18 nitrogen and oxygen atoms in total. The number of nitrogens with one attached hydrogen (secondary N) is 8. The van der Waals surface area contributed by atoms with Crippen molar-refractivity contribution in [2.75, 3.05) is 32.7 Å². The van der Waals surface area contributed by atoms with E-state index in [-0.39, 0.29) is 37.8 Å². The Labute approximate surface area is 278 Å². The molecule has 268 valence electrons. The van der Waals surface area contributed by atoms with Gasteiger partial charge >= 0.3 is 0 Å². The lowest BCUT2D eigenvalue weighted by molar-refractivity contribution is -0.132. The van der Waals surface area contributed by atoms with Crippen molar-refractivity contribution in [2.24, 2.45) is 5.73 Å². The fourth-order valence-corrected chi connectivity index (χ4v) is 4.39. The Morgan fingerprint density at radius 1 is 0.796 bits per heavy atom. The SMILES string of the molecule is CC(=O)NCC(=O)NC1CCCNC(=O)CCC(C(N)=O)NC(=O)CNC(=O)CNC(=O)C(Cc2cc(F)cc(F)c2)NC(=O)CNC1=O. The normalized spacial score (nSPS) is 21.0. The first-order chi connectivity index (χ1) is 23.1. The minimum Gasteiger partial charge on any atom is -0.368 e. The van der Waals surface area contributed by atoms with Crippen LogP contribution in [0, 0.1) is 11.6 Å². The van der Waals surface area contributed by atoms with Crippen molar-refractivity contribution in [3.8, 4) is 0 Å². The van der Waals surface area contributed by atoms with Gasteiger partial charge in [0.2, 0.25) is 53.2 Å². The molecular weight excluding hydrogens is 656 g/mol. The summed E-state index contributed by atoms with van der Waals surface area (Å²) in [6, 6.07) is -1.56. The first-order valence-corrected chi connectivity index (χ1v) is 15.1. The van der Waals surface area contributed by atoms with Crippen molar-refractivity contribution < 1.29 is 51.9 Å². The Kier molecular flexibility index (Phi) is 16.0. The van der Waals surface area contributed by atoms with Crippen LogP contribution in [0.25, 0.3) is 0 Å². The summed E-state index contributed by atoms with van der Waals surface area (Å²) in [5, 5.41) is 18.6. The van der Waals surface area contributed by atoms with E-state index in [1.54, 1.807) is 0 Å². The quantitative estimate of drug-likeness (QED) is 0.139. The number of hydrogen-bond donors (Lipinski definition) is 9. The molecule has 20 heteroatoms. The Morgan fingerprint density at radius 3 is 2.06 bits per heavy atom. The molecule has 0 aliphatic carbocycles. The second-order valence-corrected chi connectivity index (χ2v) is 10.9. The largest absolute Gasteiger partial charge is 0.368 e. The lowest BCUT2D eigenvalue weighted by Crippen LogP contribution is -2.54. The number of hydrogen-bond acceptors (Lipinski definition) is 9. The average molecular weight is 696 g/mol. The van der Waals surface area contributed by atoms with Gasteiger partial charge in [-0.25, -0.2) is 8.78 Å². The van der Waals surface area contributed by atoms with Crippen molar-refractivity contribution in [3.05, 3.63) is 35.4 Å². The molecule has 0 spiro atoms. The highest BCUT2D eigenvalue weighted by Crippen LogP contribution is 2.11. The Balaban J connectivity index is 2.26. The van der Waals surface area contributed by atoms with Crippen molar-refractivity contribution >= 4 is 53.2 Å². The van der Waals surface area contributed by atoms with Crippen LogP contribution in [0.2, 0.25) is 0 Å². The first-order valence-electron chi connectivity index (χ1n) is 15.1. The summed E-state index contributed by atoms with van der Waals surface area (Å²) in [7, 11) is 0. The maximum atomic E-state index is 13.8. The summed E-state index contributed by atoms with van der Waals surface area (Å²) in [5.41, 5.74) is 5.29. The molecule has 1 aromatic rings. The predicted molar refractivity (Wildman–Crippen MR) is 164 cm³/mol. The smallest absolute Gasteiger partial charge is 0.243 e. The third kappa shape index (κ3) is 15.6. The minimum absolute atomic E-state index is 0.0156. The van der Waals surface area contributed by atoms with E-state index in [1.807, 2.05) is 0 Å². The monoisotopic (exact) mass is 695 g/mol. The van der Waals surface area contributed by atoms with Gasteiger partial charge in [0, 0.05) is 32.4 Å². The van der Waals surface area contributed by atoms with E-state index in [4.69, 9.17) is 5.73 Å². The number of halogens is 2. The predicted octanol–water partition coefficient (Wildman–Crippen LogP) is -4.38. The number of benzene rings is 1. The van der Waals surface area contributed by atoms with Crippen LogP contribution in [-0.4, -0.2) is 104 Å². The van der Waals surface area contributed by atoms with Crippen molar-refractivity contribution in [3.63, 3.8) is 0 Å². The van der Waals surface area contributed by atoms with Crippen LogP contribution in [0.5, 0.6) is 0 Å². The van der Waals surface area contributed by atoms with Crippen LogP contribution in [0.1, 0.15) is 38.2 Å². The highest BCUT2D eigenvalue weighted by molar-refractivity contribution is 5.95. The lowest BCUT2D eigenvalue weighted by atomic mass is 10.0. The molecule has 1 heterocycles. The lowest BCUT2D eigenvalue weighted by Gasteiger charge is -2.21. The van der Waals surface area contributed by atoms with E-state index in [2.05, 4.69) is 42.5 Å². The molecule has 2 rings (SSSR count). The van der Waals surface area contributed by atoms with Gasteiger partial charge < -0.3 is 48.3 Å². The number of primary amides is 1. The molecule has 3 atom stereocenters. The van der Waals surface area contributed by atoms with E-state index in [0.29, 0.717) is 6.07 Å². The number of carbonyl (C=O) groups excluding carboxylic acids is 9. The van der Waals surface area contributed by atoms with Crippen LogP contribution in [0.3, 0.4) is 0 Å². The highest BCUT2D eigenvalue weighted by atomic mass is 19.1. The summed E-state index contributed by atoms with van der Waals surface area (Å²) in [6.07, 6.45) is -0.761. The highest BCUT2D eigenvalue weighted by Gasteiger charge is 2.26. The summed E-state index contributed by atoms with van der Waals surface area (Å²) >= 11 is 0. The molecule has 0 saturated carbocycles. The van der Waals surface area contributed by atoms with Crippen LogP contribution in [-0.2, 0) is 49.6 Å². The van der Waals surface area contributed by atoms with Gasteiger partial charge in [0.25, 0.3) is 0 Å². The molecule has 3 unspecified atom stereocenters. The molecule has 1 fully saturated rings. The van der Waals surface area contributed by atoms with Crippen LogP contribution >= 0.6 is 0 Å². The molecule has 0 radical (unpaired) electrons. The molecule has 10 N–H and O–H groups in total. The van der Waals surface area contributed by atoms with Crippen LogP contribution in [0.4, 0.5) is 8.78 Å². The van der Waals surface area contributed by atoms with Crippen LogP contribution in [0.15, 0.2) is 18.2 Å². The summed E-state index contributed by atoms with van der Waals surface area (Å²) in [6.45, 7) is -1.31. The van der Waals surface area contributed by atoms with Crippen molar-refractivity contribution in [2.45, 2.75) is 57.2 Å². The van der Waals surface area contributed by atoms with E-state index >= 15 is 0 Å². The second-order valence-electron chi connectivity index (χ2n) is 10.9. The van der Waals surface area contributed by atoms with Crippen molar-refractivity contribution in [1.29, 1.82) is 0 Å². The van der Waals surface area contributed by atoms with Gasteiger partial charge in [-0.1, -0.05) is 0 Å². The number of amides is 9. The fraction of sp³-hybridized carbons (Fsp3) is 0.483. The maximum Gasteiger partial charge on any atom is 0.243 e. The fourth-order valence-electron chi connectivity index (χ4n) is 4.39. The third-order valence-corrected chi connectivity index (χ3v) is 6.79. The maximum absolute atomic E-state index is 13.8. The molecule has 1 saturated heterocycles. The Hall–Kier alpha value is -5.69. The van der Waals surface area contributed by atoms with E-state index < -0.39 is 116 Å². The molecule has 1 aliphatic heterocycles. The zero-order valence-electron chi connectivity index (χ0n) is 26.5. The Bertz CT molecular complexity index is 1420. The van der Waals surface area contributed by atoms with Gasteiger partial charge in [-0.05, 0) is 37.0 Å². The topological polar surface area (TPSA) is 276 Å². The zero-order valence-corrected chi connectivity index (χ0v) is 26.5. The van der Waals surface area contributed by atoms with E-state index in [9.17, 15) is 51.9 Å². The van der Waals surface area contributed by atoms with Gasteiger partial charge in [0.1, 0.15) is 29.8 Å². The first kappa shape index (κ1) is 39.5. The second kappa shape index (κ2) is 19.9. The molecule has 0 aromatic heterocycles. The molecule has 1 aromatic carbocycles. The summed E-state index contributed by atoms with van der Waals surface area (Å²) < 4.78 is 27.7. The van der Waals surface area contributed by atoms with Gasteiger partial charge in [-0.2, -0.15) is 0 Å². The molecule has 9 amide bonds. The molecule has 0 bridgehead atoms. The van der Waals surface area contributed by atoms with E-state index in [0.717, 1.165) is 12.1 Å². The van der Waals surface area contributed by atoms with E-state index in [1.165, 1.54) is 6.92 Å². The van der Waals surface area contributed by atoms with Gasteiger partial charge in [0.15, 0.2) is 0 Å². The summed E-state index contributed by atoms with van der Waals surface area (Å²) in [4.78, 5) is 111. The number of carbonyl (C=O) groups is 9. The third-order valence-electron chi connectivity index (χ3n) is 6.79. The Morgan fingerprint density at radius 2 is 1.41 bits per heavy atom. The molecule has 49 heavy (non-hydrogen) atoms. The van der Waals surface area contributed by atoms with Crippen LogP contribution < -0.4 is 48.3 Å². The van der Waals surface area contributed by atoms with Gasteiger partial charge in [0.05, 0.1) is 26.2 Å². The zero-order chi connectivity index (χ0) is 36.5. The standard InChI is InChI=1S/C29H39F2N9O9/c1-15(41)34-12-24(44)39-20-3-2-6-33-22(42)5-4-19(27(32)47)38-25(45)13-35-23(43)11-36-29(49)21(40-26(46)14-37-28(20)48)9-16-7-17(30)10-18(31)8-16/h7-8,10,19-21H,2-6,9,11-14H2,1H3,(H2,32,47)(H,33,42)(H,34,41)(H,35,43)(H,36,49)(H,37,48)(H,38,45)(H,39,44)(H,40,46).